The molecule has 1 amide bonds. The van der Waals surface area contributed by atoms with E-state index >= 15 is 0 Å². The molecular weight excluding hydrogens is 434 g/mol. The number of esters is 1. The number of benzene rings is 1. The molecule has 1 aliphatic carbocycles. The molecule has 0 saturated carbocycles. The zero-order chi connectivity index (χ0) is 18.5. The summed E-state index contributed by atoms with van der Waals surface area (Å²) in [5.74, 6) is 0.669. The quantitative estimate of drug-likeness (QED) is 0.595. The van der Waals surface area contributed by atoms with E-state index in [9.17, 15) is 9.59 Å². The molecule has 0 saturated heterocycles. The highest BCUT2D eigenvalue weighted by molar-refractivity contribution is 9.10. The average molecular weight is 454 g/mol. The Labute approximate surface area is 169 Å². The van der Waals surface area contributed by atoms with Gasteiger partial charge in [0.1, 0.15) is 5.00 Å². The van der Waals surface area contributed by atoms with Crippen molar-refractivity contribution in [1.29, 1.82) is 0 Å². The third-order valence-electron chi connectivity index (χ3n) is 4.10. The van der Waals surface area contributed by atoms with E-state index in [-0.39, 0.29) is 11.9 Å². The molecule has 0 aliphatic heterocycles. The molecule has 2 aromatic rings. The zero-order valence-corrected chi connectivity index (χ0v) is 17.7. The van der Waals surface area contributed by atoms with Gasteiger partial charge < -0.3 is 10.1 Å². The van der Waals surface area contributed by atoms with Crippen LogP contribution in [0.3, 0.4) is 0 Å². The van der Waals surface area contributed by atoms with Gasteiger partial charge in [-0.15, -0.1) is 23.1 Å². The van der Waals surface area contributed by atoms with Crippen LogP contribution in [0.4, 0.5) is 5.00 Å². The third kappa shape index (κ3) is 4.50. The summed E-state index contributed by atoms with van der Waals surface area (Å²) in [7, 11) is 0. The van der Waals surface area contributed by atoms with Gasteiger partial charge in [0.15, 0.2) is 0 Å². The predicted molar refractivity (Wildman–Crippen MR) is 111 cm³/mol. The van der Waals surface area contributed by atoms with Crippen molar-refractivity contribution in [3.63, 3.8) is 0 Å². The van der Waals surface area contributed by atoms with E-state index in [1.165, 1.54) is 16.2 Å². The van der Waals surface area contributed by atoms with Gasteiger partial charge in [0.25, 0.3) is 0 Å². The molecule has 4 nitrogen and oxygen atoms in total. The van der Waals surface area contributed by atoms with Crippen LogP contribution in [0.15, 0.2) is 28.7 Å². The average Bonchev–Trinajstić information content (AvgIpc) is 3.17. The first-order valence-electron chi connectivity index (χ1n) is 8.52. The number of rotatable bonds is 7. The van der Waals surface area contributed by atoms with Gasteiger partial charge in [0, 0.05) is 15.1 Å². The summed E-state index contributed by atoms with van der Waals surface area (Å²) in [5.41, 5.74) is 2.78. The molecule has 0 radical (unpaired) electrons. The number of hydrogen-bond acceptors (Lipinski definition) is 5. The van der Waals surface area contributed by atoms with Crippen LogP contribution in [0, 0.1) is 0 Å². The van der Waals surface area contributed by atoms with Crippen LogP contribution in [0.2, 0.25) is 0 Å². The molecule has 0 bridgehead atoms. The number of ether oxygens (including phenoxy) is 1. The second-order valence-corrected chi connectivity index (χ2v) is 8.86. The Balaban J connectivity index is 1.62. The summed E-state index contributed by atoms with van der Waals surface area (Å²) in [6, 6.07) is 7.99. The number of thioether (sulfide) groups is 1. The minimum atomic E-state index is -0.330. The summed E-state index contributed by atoms with van der Waals surface area (Å²) in [6.45, 7) is 2.12. The van der Waals surface area contributed by atoms with Crippen molar-refractivity contribution < 1.29 is 14.3 Å². The second-order valence-electron chi connectivity index (χ2n) is 5.91. The normalized spacial score (nSPS) is 12.7. The van der Waals surface area contributed by atoms with Gasteiger partial charge >= 0.3 is 5.97 Å². The second kappa shape index (κ2) is 9.06. The summed E-state index contributed by atoms with van der Waals surface area (Å²) in [4.78, 5) is 25.9. The number of thiophene rings is 1. The summed E-state index contributed by atoms with van der Waals surface area (Å²) in [6.07, 6.45) is 2.91. The molecule has 0 fully saturated rings. The molecule has 7 heteroatoms. The molecule has 1 aromatic heterocycles. The van der Waals surface area contributed by atoms with E-state index in [0.717, 1.165) is 40.6 Å². The maximum absolute atomic E-state index is 12.4. The fourth-order valence-corrected chi connectivity index (χ4v) is 5.68. The van der Waals surface area contributed by atoms with Crippen LogP contribution in [0.5, 0.6) is 0 Å². The van der Waals surface area contributed by atoms with Crippen molar-refractivity contribution >= 4 is 55.9 Å². The van der Waals surface area contributed by atoms with Gasteiger partial charge in [-0.2, -0.15) is 0 Å². The maximum atomic E-state index is 12.4. The molecule has 1 N–H and O–H groups in total. The SMILES string of the molecule is CCOC(=O)c1c(NC(=O)CSCc2ccccc2Br)sc2c1CCC2. The predicted octanol–water partition coefficient (Wildman–Crippen LogP) is 5.05. The van der Waals surface area contributed by atoms with Crippen molar-refractivity contribution in [2.24, 2.45) is 0 Å². The molecule has 26 heavy (non-hydrogen) atoms. The molecule has 1 aliphatic rings. The lowest BCUT2D eigenvalue weighted by Gasteiger charge is -2.08. The molecule has 138 valence electrons. The number of anilines is 1. The number of aryl methyl sites for hydroxylation is 1. The Hall–Kier alpha value is -1.31. The third-order valence-corrected chi connectivity index (χ3v) is 7.06. The number of fused-ring (bicyclic) bond motifs is 1. The molecule has 1 heterocycles. The zero-order valence-electron chi connectivity index (χ0n) is 14.5. The highest BCUT2D eigenvalue weighted by Gasteiger charge is 2.28. The molecule has 1 aromatic carbocycles. The number of hydrogen-bond donors (Lipinski definition) is 1. The Morgan fingerprint density at radius 1 is 1.31 bits per heavy atom. The van der Waals surface area contributed by atoms with Crippen molar-refractivity contribution in [2.75, 3.05) is 17.7 Å². The lowest BCUT2D eigenvalue weighted by Crippen LogP contribution is -2.16. The van der Waals surface area contributed by atoms with Crippen LogP contribution < -0.4 is 5.32 Å². The Bertz CT molecular complexity index is 819. The Morgan fingerprint density at radius 3 is 2.88 bits per heavy atom. The van der Waals surface area contributed by atoms with Crippen molar-refractivity contribution in [1.82, 2.24) is 0 Å². The van der Waals surface area contributed by atoms with Gasteiger partial charge in [0.05, 0.1) is 17.9 Å². The molecule has 0 spiro atoms. The first-order valence-corrected chi connectivity index (χ1v) is 11.3. The van der Waals surface area contributed by atoms with E-state index in [0.29, 0.717) is 22.9 Å². The molecular formula is C19H20BrNO3S2. The van der Waals surface area contributed by atoms with Gasteiger partial charge in [-0.25, -0.2) is 4.79 Å². The number of carbonyl (C=O) groups excluding carboxylic acids is 2. The van der Waals surface area contributed by atoms with Crippen LogP contribution in [0.25, 0.3) is 0 Å². The van der Waals surface area contributed by atoms with E-state index in [1.54, 1.807) is 18.7 Å². The maximum Gasteiger partial charge on any atom is 0.341 e. The first-order chi connectivity index (χ1) is 12.6. The Morgan fingerprint density at radius 2 is 2.12 bits per heavy atom. The van der Waals surface area contributed by atoms with E-state index in [2.05, 4.69) is 21.2 Å². The minimum absolute atomic E-state index is 0.0903. The van der Waals surface area contributed by atoms with E-state index in [4.69, 9.17) is 4.74 Å². The summed E-state index contributed by atoms with van der Waals surface area (Å²) in [5, 5.41) is 3.56. The van der Waals surface area contributed by atoms with Gasteiger partial charge in [-0.05, 0) is 43.4 Å². The standard InChI is InChI=1S/C19H20BrNO3S2/c1-2-24-19(23)17-13-7-5-9-15(13)26-18(17)21-16(22)11-25-10-12-6-3-4-8-14(12)20/h3-4,6,8H,2,5,7,9-11H2,1H3,(H,21,22). The van der Waals surface area contributed by atoms with Gasteiger partial charge in [-0.1, -0.05) is 34.1 Å². The number of halogens is 1. The fraction of sp³-hybridized carbons (Fsp3) is 0.368. The highest BCUT2D eigenvalue weighted by atomic mass is 79.9. The van der Waals surface area contributed by atoms with Gasteiger partial charge in [-0.3, -0.25) is 4.79 Å². The number of nitrogens with one attached hydrogen (secondary N) is 1. The lowest BCUT2D eigenvalue weighted by atomic mass is 10.1. The van der Waals surface area contributed by atoms with Crippen LogP contribution in [-0.2, 0) is 28.1 Å². The summed E-state index contributed by atoms with van der Waals surface area (Å²) >= 11 is 6.58. The van der Waals surface area contributed by atoms with Crippen molar-refractivity contribution in [3.8, 4) is 0 Å². The number of amides is 1. The van der Waals surface area contributed by atoms with E-state index in [1.807, 2.05) is 24.3 Å². The largest absolute Gasteiger partial charge is 0.462 e. The first kappa shape index (κ1) is 19.5. The van der Waals surface area contributed by atoms with Crippen LogP contribution in [-0.4, -0.2) is 24.2 Å². The van der Waals surface area contributed by atoms with E-state index < -0.39 is 0 Å². The highest BCUT2D eigenvalue weighted by Crippen LogP contribution is 2.39. The fourth-order valence-electron chi connectivity index (χ4n) is 2.94. The molecule has 0 atom stereocenters. The van der Waals surface area contributed by atoms with Crippen LogP contribution >= 0.6 is 39.0 Å². The van der Waals surface area contributed by atoms with Crippen LogP contribution in [0.1, 0.15) is 39.7 Å². The summed E-state index contributed by atoms with van der Waals surface area (Å²) < 4.78 is 6.24. The Kier molecular flexibility index (Phi) is 6.78. The molecule has 3 rings (SSSR count). The lowest BCUT2D eigenvalue weighted by molar-refractivity contribution is -0.113. The monoisotopic (exact) mass is 453 g/mol. The topological polar surface area (TPSA) is 55.4 Å². The minimum Gasteiger partial charge on any atom is -0.462 e. The molecule has 0 unspecified atom stereocenters. The smallest absolute Gasteiger partial charge is 0.341 e. The number of carbonyl (C=O) groups is 2. The van der Waals surface area contributed by atoms with Crippen molar-refractivity contribution in [3.05, 3.63) is 50.3 Å². The van der Waals surface area contributed by atoms with Gasteiger partial charge in [0.2, 0.25) is 5.91 Å². The van der Waals surface area contributed by atoms with Crippen molar-refractivity contribution in [2.45, 2.75) is 31.9 Å².